The van der Waals surface area contributed by atoms with Crippen molar-refractivity contribution in [2.75, 3.05) is 6.61 Å². The van der Waals surface area contributed by atoms with Crippen LogP contribution in [-0.4, -0.2) is 18.0 Å². The molecule has 1 fully saturated rings. The second-order valence-electron chi connectivity index (χ2n) is 2.48. The van der Waals surface area contributed by atoms with E-state index in [0.717, 1.165) is 12.0 Å². The summed E-state index contributed by atoms with van der Waals surface area (Å²) in [5.74, 6) is 0.271. The van der Waals surface area contributed by atoms with Gasteiger partial charge in [-0.15, -0.1) is 6.58 Å². The second kappa shape index (κ2) is 2.99. The Morgan fingerprint density at radius 2 is 2.50 bits per heavy atom. The first-order valence-electron chi connectivity index (χ1n) is 3.35. The second-order valence-corrected chi connectivity index (χ2v) is 2.48. The number of hydrogen-bond donors (Lipinski definition) is 1. The first kappa shape index (κ1) is 7.51. The SMILES string of the molecule is C=CCC1COC(O)C1=C. The van der Waals surface area contributed by atoms with Gasteiger partial charge in [0.25, 0.3) is 0 Å². The number of aliphatic hydroxyl groups is 1. The molecule has 0 aromatic rings. The Hall–Kier alpha value is -0.600. The molecule has 0 amide bonds. The molecule has 1 aliphatic heterocycles. The molecule has 0 aliphatic carbocycles. The standard InChI is InChI=1S/C8H12O2/c1-3-4-7-5-10-8(9)6(7)2/h3,7-9H,1-2,4-5H2. The zero-order valence-corrected chi connectivity index (χ0v) is 5.92. The van der Waals surface area contributed by atoms with Gasteiger partial charge in [-0.2, -0.15) is 0 Å². The maximum Gasteiger partial charge on any atom is 0.177 e. The Bertz CT molecular complexity index is 151. The summed E-state index contributed by atoms with van der Waals surface area (Å²) in [4.78, 5) is 0. The van der Waals surface area contributed by atoms with Gasteiger partial charge in [0.05, 0.1) is 6.61 Å². The van der Waals surface area contributed by atoms with Gasteiger partial charge >= 0.3 is 0 Å². The maximum atomic E-state index is 9.04. The lowest BCUT2D eigenvalue weighted by molar-refractivity contribution is -0.0409. The van der Waals surface area contributed by atoms with E-state index in [1.54, 1.807) is 0 Å². The molecular formula is C8H12O2. The third-order valence-corrected chi connectivity index (χ3v) is 1.75. The van der Waals surface area contributed by atoms with E-state index < -0.39 is 6.29 Å². The van der Waals surface area contributed by atoms with Crippen molar-refractivity contribution in [3.05, 3.63) is 24.8 Å². The molecular weight excluding hydrogens is 128 g/mol. The normalized spacial score (nSPS) is 32.7. The van der Waals surface area contributed by atoms with Crippen molar-refractivity contribution in [1.29, 1.82) is 0 Å². The Balaban J connectivity index is 2.48. The molecule has 1 N–H and O–H groups in total. The average Bonchev–Trinajstić information content (AvgIpc) is 2.20. The van der Waals surface area contributed by atoms with Crippen LogP contribution in [0.1, 0.15) is 6.42 Å². The number of hydrogen-bond acceptors (Lipinski definition) is 2. The molecule has 0 spiro atoms. The smallest absolute Gasteiger partial charge is 0.177 e. The van der Waals surface area contributed by atoms with Crippen molar-refractivity contribution in [1.82, 2.24) is 0 Å². The van der Waals surface area contributed by atoms with E-state index >= 15 is 0 Å². The van der Waals surface area contributed by atoms with Crippen LogP contribution in [0, 0.1) is 5.92 Å². The Morgan fingerprint density at radius 3 is 2.90 bits per heavy atom. The first-order chi connectivity index (χ1) is 4.75. The van der Waals surface area contributed by atoms with Crippen molar-refractivity contribution in [3.8, 4) is 0 Å². The first-order valence-corrected chi connectivity index (χ1v) is 3.35. The fourth-order valence-corrected chi connectivity index (χ4v) is 1.04. The number of aliphatic hydroxyl groups excluding tert-OH is 1. The summed E-state index contributed by atoms with van der Waals surface area (Å²) in [5, 5.41) is 9.04. The van der Waals surface area contributed by atoms with Gasteiger partial charge in [-0.25, -0.2) is 0 Å². The van der Waals surface area contributed by atoms with Gasteiger partial charge in [0.1, 0.15) is 0 Å². The van der Waals surface area contributed by atoms with Gasteiger partial charge < -0.3 is 9.84 Å². The van der Waals surface area contributed by atoms with Crippen LogP contribution in [0.2, 0.25) is 0 Å². The van der Waals surface area contributed by atoms with E-state index in [2.05, 4.69) is 13.2 Å². The molecule has 2 atom stereocenters. The summed E-state index contributed by atoms with van der Waals surface area (Å²) in [6, 6.07) is 0. The van der Waals surface area contributed by atoms with Gasteiger partial charge in [0.15, 0.2) is 6.29 Å². The predicted molar refractivity (Wildman–Crippen MR) is 39.4 cm³/mol. The van der Waals surface area contributed by atoms with Crippen LogP contribution < -0.4 is 0 Å². The Labute approximate surface area is 60.8 Å². The Morgan fingerprint density at radius 1 is 1.80 bits per heavy atom. The fraction of sp³-hybridized carbons (Fsp3) is 0.500. The molecule has 0 aromatic carbocycles. The zero-order valence-electron chi connectivity index (χ0n) is 5.92. The Kier molecular flexibility index (Phi) is 2.25. The van der Waals surface area contributed by atoms with Crippen molar-refractivity contribution in [3.63, 3.8) is 0 Å². The largest absolute Gasteiger partial charge is 0.364 e. The van der Waals surface area contributed by atoms with Crippen molar-refractivity contribution in [2.45, 2.75) is 12.7 Å². The molecule has 2 unspecified atom stereocenters. The molecule has 0 saturated carbocycles. The highest BCUT2D eigenvalue weighted by Gasteiger charge is 2.26. The van der Waals surface area contributed by atoms with Gasteiger partial charge in [-0.3, -0.25) is 0 Å². The molecule has 1 saturated heterocycles. The minimum absolute atomic E-state index is 0.271. The minimum Gasteiger partial charge on any atom is -0.364 e. The van der Waals surface area contributed by atoms with Gasteiger partial charge in [0.2, 0.25) is 0 Å². The van der Waals surface area contributed by atoms with Crippen LogP contribution in [0.4, 0.5) is 0 Å². The fourth-order valence-electron chi connectivity index (χ4n) is 1.04. The van der Waals surface area contributed by atoms with Crippen LogP contribution in [-0.2, 0) is 4.74 Å². The van der Waals surface area contributed by atoms with Gasteiger partial charge in [0, 0.05) is 5.92 Å². The van der Waals surface area contributed by atoms with E-state index in [1.165, 1.54) is 0 Å². The quantitative estimate of drug-likeness (QED) is 0.582. The molecule has 0 radical (unpaired) electrons. The van der Waals surface area contributed by atoms with E-state index in [1.807, 2.05) is 6.08 Å². The van der Waals surface area contributed by atoms with Gasteiger partial charge in [-0.1, -0.05) is 12.7 Å². The van der Waals surface area contributed by atoms with Crippen LogP contribution in [0.5, 0.6) is 0 Å². The predicted octanol–water partition coefficient (Wildman–Crippen LogP) is 1.08. The summed E-state index contributed by atoms with van der Waals surface area (Å²) in [5.41, 5.74) is 0.778. The molecule has 2 heteroatoms. The summed E-state index contributed by atoms with van der Waals surface area (Å²) in [7, 11) is 0. The van der Waals surface area contributed by atoms with Crippen LogP contribution in [0.15, 0.2) is 24.8 Å². The summed E-state index contributed by atoms with van der Waals surface area (Å²) in [6.45, 7) is 7.89. The van der Waals surface area contributed by atoms with E-state index in [-0.39, 0.29) is 5.92 Å². The summed E-state index contributed by atoms with van der Waals surface area (Å²) >= 11 is 0. The highest BCUT2D eigenvalue weighted by Crippen LogP contribution is 2.25. The highest BCUT2D eigenvalue weighted by molar-refractivity contribution is 5.09. The number of ether oxygens (including phenoxy) is 1. The van der Waals surface area contributed by atoms with E-state index in [0.29, 0.717) is 6.61 Å². The van der Waals surface area contributed by atoms with Crippen LogP contribution in [0.25, 0.3) is 0 Å². The third-order valence-electron chi connectivity index (χ3n) is 1.75. The van der Waals surface area contributed by atoms with Crippen LogP contribution in [0.3, 0.4) is 0 Å². The molecule has 10 heavy (non-hydrogen) atoms. The van der Waals surface area contributed by atoms with Gasteiger partial charge in [-0.05, 0) is 12.0 Å². The molecule has 56 valence electrons. The zero-order chi connectivity index (χ0) is 7.56. The third kappa shape index (κ3) is 1.28. The molecule has 1 rings (SSSR count). The van der Waals surface area contributed by atoms with Crippen LogP contribution >= 0.6 is 0 Å². The number of rotatable bonds is 2. The van der Waals surface area contributed by atoms with E-state index in [4.69, 9.17) is 9.84 Å². The topological polar surface area (TPSA) is 29.5 Å². The molecule has 2 nitrogen and oxygen atoms in total. The monoisotopic (exact) mass is 140 g/mol. The molecule has 0 aromatic heterocycles. The maximum absolute atomic E-state index is 9.04. The lowest BCUT2D eigenvalue weighted by Crippen LogP contribution is -2.05. The summed E-state index contributed by atoms with van der Waals surface area (Å²) in [6.07, 6.45) is 1.91. The lowest BCUT2D eigenvalue weighted by Gasteiger charge is -2.04. The van der Waals surface area contributed by atoms with Crippen molar-refractivity contribution in [2.24, 2.45) is 5.92 Å². The van der Waals surface area contributed by atoms with Crippen molar-refractivity contribution < 1.29 is 9.84 Å². The van der Waals surface area contributed by atoms with E-state index in [9.17, 15) is 0 Å². The number of allylic oxidation sites excluding steroid dienone is 1. The highest BCUT2D eigenvalue weighted by atomic mass is 16.6. The molecule has 0 bridgehead atoms. The average molecular weight is 140 g/mol. The van der Waals surface area contributed by atoms with Crippen molar-refractivity contribution >= 4 is 0 Å². The lowest BCUT2D eigenvalue weighted by atomic mass is 10.0. The summed E-state index contributed by atoms with van der Waals surface area (Å²) < 4.78 is 4.94. The molecule has 1 aliphatic rings. The minimum atomic E-state index is -0.745. The molecule has 1 heterocycles.